The van der Waals surface area contributed by atoms with E-state index in [-0.39, 0.29) is 17.0 Å². The summed E-state index contributed by atoms with van der Waals surface area (Å²) in [5.41, 5.74) is 7.71. The Kier molecular flexibility index (Phi) is 9.45. The molecule has 4 aromatic rings. The Morgan fingerprint density at radius 3 is 2.07 bits per heavy atom. The molecule has 0 radical (unpaired) electrons. The van der Waals surface area contributed by atoms with Gasteiger partial charge in [0.1, 0.15) is 36.3 Å². The number of imidazole rings is 2. The number of anilines is 2. The number of nitrogens with zero attached hydrogens (tertiary/aromatic N) is 6. The van der Waals surface area contributed by atoms with Crippen molar-refractivity contribution in [3.63, 3.8) is 0 Å². The highest BCUT2D eigenvalue weighted by atomic mass is 32.7. The Balaban J connectivity index is 1.23. The fourth-order valence-electron chi connectivity index (χ4n) is 5.26. The zero-order chi connectivity index (χ0) is 31.1. The van der Waals surface area contributed by atoms with E-state index in [1.807, 2.05) is 0 Å². The summed E-state index contributed by atoms with van der Waals surface area (Å²) in [4.78, 5) is 17.1. The van der Waals surface area contributed by atoms with Gasteiger partial charge in [-0.25, -0.2) is 28.7 Å². The van der Waals surface area contributed by atoms with Crippen molar-refractivity contribution in [3.8, 4) is 0 Å². The summed E-state index contributed by atoms with van der Waals surface area (Å²) in [7, 11) is -5.61. The molecule has 2 unspecified atom stereocenters. The van der Waals surface area contributed by atoms with Gasteiger partial charge in [0.25, 0.3) is 0 Å². The van der Waals surface area contributed by atoms with E-state index in [1.165, 1.54) is 28.1 Å². The molecule has 22 heteroatoms. The van der Waals surface area contributed by atoms with Gasteiger partial charge in [-0.15, -0.1) is 0 Å². The second-order valence-electron chi connectivity index (χ2n) is 9.70. The van der Waals surface area contributed by atoms with Crippen LogP contribution in [0.3, 0.4) is 0 Å². The third-order valence-corrected chi connectivity index (χ3v) is 8.77. The Bertz CT molecular complexity index is 1580. The van der Waals surface area contributed by atoms with Crippen LogP contribution in [0.5, 0.6) is 0 Å². The fraction of sp³-hybridized carbons (Fsp3) is 0.455. The quantitative estimate of drug-likeness (QED) is 0.0761. The van der Waals surface area contributed by atoms with Gasteiger partial charge in [-0.1, -0.05) is 30.6 Å². The smallest absolute Gasteiger partial charge is 0.243 e. The van der Waals surface area contributed by atoms with E-state index in [2.05, 4.69) is 55.3 Å². The number of ether oxygens (including phenoxy) is 2. The van der Waals surface area contributed by atoms with Gasteiger partial charge in [0.15, 0.2) is 41.8 Å². The zero-order valence-electron chi connectivity index (χ0n) is 22.2. The summed E-state index contributed by atoms with van der Waals surface area (Å²) in [6.45, 7) is -1.12. The van der Waals surface area contributed by atoms with Crippen molar-refractivity contribution in [3.05, 3.63) is 37.2 Å². The van der Waals surface area contributed by atoms with Gasteiger partial charge in [0.2, 0.25) is 14.5 Å². The van der Waals surface area contributed by atoms with Crippen LogP contribution in [0.1, 0.15) is 12.5 Å². The molecule has 6 rings (SSSR count). The maximum atomic E-state index is 15.3. The maximum Gasteiger partial charge on any atom is 0.243 e. The number of aliphatic hydroxyl groups is 2. The van der Waals surface area contributed by atoms with Gasteiger partial charge < -0.3 is 33.3 Å². The number of hydrogen-bond donors (Lipinski definition) is 6. The summed E-state index contributed by atoms with van der Waals surface area (Å²) >= 11 is 7.42. The summed E-state index contributed by atoms with van der Waals surface area (Å²) in [5, 5.41) is 19.3. The SMILES string of the molecule is O=[PH](S)O[C@H]1[C@@H](F)[C@H](n2cnc3c(NNc4ncnc5c4ncn5[C@@H]4O[C@H](CO)[C@@H](O[PH](=O)S)[C@H]4F)cccc32)O[C@@H]1CO. The molecule has 0 saturated carbocycles. The van der Waals surface area contributed by atoms with Crippen LogP contribution in [0.4, 0.5) is 20.3 Å². The lowest BCUT2D eigenvalue weighted by Gasteiger charge is -2.17. The number of nitrogens with one attached hydrogen (secondary N) is 2. The zero-order valence-corrected chi connectivity index (χ0v) is 26.0. The lowest BCUT2D eigenvalue weighted by molar-refractivity contribution is -0.0427. The van der Waals surface area contributed by atoms with E-state index in [0.29, 0.717) is 16.7 Å². The van der Waals surface area contributed by atoms with Gasteiger partial charge in [0, 0.05) is 0 Å². The number of aliphatic hydroxyl groups excluding tert-OH is 2. The third kappa shape index (κ3) is 5.84. The number of alkyl halides is 2. The summed E-state index contributed by atoms with van der Waals surface area (Å²) in [5.74, 6) is 0.209. The minimum Gasteiger partial charge on any atom is -0.394 e. The molecule has 0 bridgehead atoms. The molecular weight excluding hydrogens is 668 g/mol. The standard InChI is InChI=1S/C22H26F2N8O8P2S2/c23-13-17(39-41(35)43)11(4-33)37-21(13)31-7-27-15-9(2-1-3-10(15)31)29-30-19-16-20(26-6-25-19)32(8-28-16)22-14(24)18(40-42(36)44)12(5-34)38-22/h1-3,6-8,11-14,17-18,21-22,29,33-34,41-42H,4-5H2,(H,35,43)(H,36,44)(H,25,26,30)/t11-,12-,13-,14-,17-,18-,21-,22-/m1/s1. The van der Waals surface area contributed by atoms with E-state index in [9.17, 15) is 19.3 Å². The second kappa shape index (κ2) is 13.2. The number of hydrogen-bond acceptors (Lipinski definition) is 14. The Labute approximate surface area is 258 Å². The van der Waals surface area contributed by atoms with Crippen molar-refractivity contribution < 1.29 is 46.6 Å². The third-order valence-electron chi connectivity index (χ3n) is 7.19. The first-order valence-corrected chi connectivity index (χ1v) is 18.2. The second-order valence-corrected chi connectivity index (χ2v) is 13.4. The van der Waals surface area contributed by atoms with Crippen LogP contribution in [-0.2, 0) is 27.7 Å². The first-order valence-electron chi connectivity index (χ1n) is 13.0. The summed E-state index contributed by atoms with van der Waals surface area (Å²) in [6, 6.07) is 5.08. The number of rotatable bonds is 11. The highest BCUT2D eigenvalue weighted by molar-refractivity contribution is 8.39. The van der Waals surface area contributed by atoms with E-state index < -0.39 is 76.9 Å². The molecule has 5 heterocycles. The minimum atomic E-state index is -2.81. The van der Waals surface area contributed by atoms with Crippen LogP contribution < -0.4 is 10.9 Å². The number of hydrazine groups is 1. The molecule has 44 heavy (non-hydrogen) atoms. The lowest BCUT2D eigenvalue weighted by Crippen LogP contribution is -2.31. The molecule has 16 nitrogen and oxygen atoms in total. The maximum absolute atomic E-state index is 15.3. The highest BCUT2D eigenvalue weighted by Crippen LogP contribution is 2.43. The van der Waals surface area contributed by atoms with Crippen molar-refractivity contribution in [2.75, 3.05) is 24.1 Å². The average Bonchev–Trinajstić information content (AvgIpc) is 3.76. The van der Waals surface area contributed by atoms with Crippen LogP contribution in [0.15, 0.2) is 37.2 Å². The number of aromatic nitrogens is 6. The van der Waals surface area contributed by atoms with Gasteiger partial charge in [-0.2, -0.15) is 0 Å². The first kappa shape index (κ1) is 31.6. The molecular formula is C22H26F2N8O8P2S2. The molecule has 1 aromatic carbocycles. The normalized spacial score (nSPS) is 30.2. The molecule has 3 aromatic heterocycles. The number of thiol groups is 2. The van der Waals surface area contributed by atoms with Gasteiger partial charge >= 0.3 is 0 Å². The van der Waals surface area contributed by atoms with E-state index in [1.54, 1.807) is 18.2 Å². The van der Waals surface area contributed by atoms with E-state index in [0.717, 1.165) is 0 Å². The fourth-order valence-corrected chi connectivity index (χ4v) is 7.02. The number of fused-ring (bicyclic) bond motifs is 2. The average molecular weight is 695 g/mol. The topological polar surface area (TPSA) is 197 Å². The van der Waals surface area contributed by atoms with Crippen molar-refractivity contribution in [2.24, 2.45) is 0 Å². The molecule has 0 aliphatic carbocycles. The van der Waals surface area contributed by atoms with Gasteiger partial charge in [-0.05, 0) is 12.1 Å². The van der Waals surface area contributed by atoms with Crippen LogP contribution in [0, 0.1) is 0 Å². The predicted octanol–water partition coefficient (Wildman–Crippen LogP) is 2.48. The van der Waals surface area contributed by atoms with Crippen molar-refractivity contribution in [2.45, 2.75) is 49.2 Å². The molecule has 0 amide bonds. The lowest BCUT2D eigenvalue weighted by atomic mass is 10.1. The molecule has 2 saturated heterocycles. The minimum absolute atomic E-state index is 0.196. The van der Waals surface area contributed by atoms with Crippen molar-refractivity contribution in [1.82, 2.24) is 29.1 Å². The van der Waals surface area contributed by atoms with Crippen LogP contribution >= 0.6 is 39.0 Å². The molecule has 10 atom stereocenters. The number of para-hydroxylation sites is 1. The molecule has 2 aliphatic heterocycles. The number of halogens is 2. The molecule has 4 N–H and O–H groups in total. The Morgan fingerprint density at radius 2 is 1.45 bits per heavy atom. The monoisotopic (exact) mass is 694 g/mol. The first-order chi connectivity index (χ1) is 21.2. The molecule has 2 fully saturated rings. The number of benzene rings is 1. The summed E-state index contributed by atoms with van der Waals surface area (Å²) in [6.07, 6.45) is -6.93. The Morgan fingerprint density at radius 1 is 0.864 bits per heavy atom. The van der Waals surface area contributed by atoms with Crippen LogP contribution in [0.2, 0.25) is 0 Å². The largest absolute Gasteiger partial charge is 0.394 e. The van der Waals surface area contributed by atoms with Gasteiger partial charge in [0.05, 0.1) is 37.1 Å². The summed E-state index contributed by atoms with van der Waals surface area (Å²) < 4.78 is 77.9. The highest BCUT2D eigenvalue weighted by Gasteiger charge is 2.49. The molecule has 0 spiro atoms. The van der Waals surface area contributed by atoms with Crippen molar-refractivity contribution in [1.29, 1.82) is 0 Å². The van der Waals surface area contributed by atoms with Crippen molar-refractivity contribution >= 4 is 72.7 Å². The van der Waals surface area contributed by atoms with Crippen LogP contribution in [-0.4, -0.2) is 89.3 Å². The van der Waals surface area contributed by atoms with E-state index >= 15 is 8.78 Å². The van der Waals surface area contributed by atoms with E-state index in [4.69, 9.17) is 18.5 Å². The predicted molar refractivity (Wildman–Crippen MR) is 160 cm³/mol. The van der Waals surface area contributed by atoms with Crippen LogP contribution in [0.25, 0.3) is 22.2 Å². The molecule has 238 valence electrons. The Hall–Kier alpha value is -2.38. The molecule has 2 aliphatic rings. The van der Waals surface area contributed by atoms with Gasteiger partial charge in [-0.3, -0.25) is 24.5 Å².